The Bertz CT molecular complexity index is 424. The Morgan fingerprint density at radius 2 is 2.36 bits per heavy atom. The number of esters is 1. The highest BCUT2D eigenvalue weighted by Crippen LogP contribution is 2.24. The highest BCUT2D eigenvalue weighted by Gasteiger charge is 2.12. The lowest BCUT2D eigenvalue weighted by molar-refractivity contribution is -0.131. The number of halogens is 1. The number of carbonyl (C=O) groups excluding carboxylic acids is 1. The largest absolute Gasteiger partial charge is 0.425 e. The molecule has 0 saturated carbocycles. The molecule has 0 unspecified atom stereocenters. The maximum absolute atomic E-state index is 10.7. The Morgan fingerprint density at radius 1 is 1.71 bits per heavy atom. The van der Waals surface area contributed by atoms with Crippen molar-refractivity contribution < 1.29 is 9.53 Å². The third-order valence-electron chi connectivity index (χ3n) is 1.43. The van der Waals surface area contributed by atoms with Gasteiger partial charge in [0, 0.05) is 18.7 Å². The van der Waals surface area contributed by atoms with Crippen LogP contribution in [-0.2, 0) is 4.79 Å². The number of pyridine rings is 1. The van der Waals surface area contributed by atoms with Crippen molar-refractivity contribution in [1.29, 1.82) is 5.26 Å². The van der Waals surface area contributed by atoms with Gasteiger partial charge in [0.2, 0.25) is 0 Å². The van der Waals surface area contributed by atoms with Gasteiger partial charge in [-0.05, 0) is 6.92 Å². The van der Waals surface area contributed by atoms with Crippen LogP contribution < -0.4 is 4.74 Å². The van der Waals surface area contributed by atoms with Gasteiger partial charge in [-0.3, -0.25) is 4.79 Å². The Labute approximate surface area is 86.1 Å². The molecule has 72 valence electrons. The number of aryl methyl sites for hydroxylation is 1. The zero-order valence-electron chi connectivity index (χ0n) is 7.67. The molecule has 1 aromatic rings. The van der Waals surface area contributed by atoms with Gasteiger partial charge in [-0.15, -0.1) is 0 Å². The highest BCUT2D eigenvalue weighted by atomic mass is 35.5. The molecular formula is C9H7ClN2O2. The molecule has 14 heavy (non-hydrogen) atoms. The van der Waals surface area contributed by atoms with Gasteiger partial charge in [-0.1, -0.05) is 11.6 Å². The fraction of sp³-hybridized carbons (Fsp3) is 0.222. The Kier molecular flexibility index (Phi) is 3.05. The maximum Gasteiger partial charge on any atom is 0.308 e. The number of rotatable bonds is 1. The Morgan fingerprint density at radius 3 is 2.86 bits per heavy atom. The molecule has 0 amide bonds. The van der Waals surface area contributed by atoms with Crippen LogP contribution in [0.3, 0.4) is 0 Å². The van der Waals surface area contributed by atoms with E-state index in [-0.39, 0.29) is 16.5 Å². The highest BCUT2D eigenvalue weighted by molar-refractivity contribution is 6.30. The van der Waals surface area contributed by atoms with Crippen molar-refractivity contribution in [3.05, 3.63) is 22.5 Å². The number of nitriles is 1. The molecule has 0 spiro atoms. The lowest BCUT2D eigenvalue weighted by atomic mass is 10.2. The van der Waals surface area contributed by atoms with Crippen molar-refractivity contribution in [3.8, 4) is 11.8 Å². The summed E-state index contributed by atoms with van der Waals surface area (Å²) in [4.78, 5) is 14.6. The van der Waals surface area contributed by atoms with Gasteiger partial charge in [0.1, 0.15) is 11.6 Å². The predicted octanol–water partition coefficient (Wildman–Crippen LogP) is 1.84. The summed E-state index contributed by atoms with van der Waals surface area (Å²) in [6.45, 7) is 2.95. The second-order valence-electron chi connectivity index (χ2n) is 2.63. The normalized spacial score (nSPS) is 9.29. The van der Waals surface area contributed by atoms with Crippen LogP contribution in [0.2, 0.25) is 5.15 Å². The first kappa shape index (κ1) is 10.5. The molecule has 1 rings (SSSR count). The van der Waals surface area contributed by atoms with Gasteiger partial charge in [0.05, 0.1) is 0 Å². The quantitative estimate of drug-likeness (QED) is 0.524. The van der Waals surface area contributed by atoms with Gasteiger partial charge in [0.25, 0.3) is 0 Å². The number of hydrogen-bond acceptors (Lipinski definition) is 4. The zero-order chi connectivity index (χ0) is 10.7. The number of nitrogens with zero attached hydrogens (tertiary/aromatic N) is 2. The molecule has 0 aliphatic rings. The van der Waals surface area contributed by atoms with Crippen molar-refractivity contribution >= 4 is 17.6 Å². The second kappa shape index (κ2) is 4.07. The third-order valence-corrected chi connectivity index (χ3v) is 1.71. The molecule has 0 radical (unpaired) electrons. The topological polar surface area (TPSA) is 63.0 Å². The molecule has 0 bridgehead atoms. The summed E-state index contributed by atoms with van der Waals surface area (Å²) in [6, 6.07) is 3.32. The number of aromatic nitrogens is 1. The number of hydrogen-bond donors (Lipinski definition) is 0. The molecular weight excluding hydrogens is 204 g/mol. The zero-order valence-corrected chi connectivity index (χ0v) is 8.42. The molecule has 4 nitrogen and oxygen atoms in total. The van der Waals surface area contributed by atoms with Crippen LogP contribution >= 0.6 is 11.6 Å². The van der Waals surface area contributed by atoms with Crippen LogP contribution in [0.15, 0.2) is 6.07 Å². The lowest BCUT2D eigenvalue weighted by Crippen LogP contribution is -2.04. The summed E-state index contributed by atoms with van der Waals surface area (Å²) in [6.07, 6.45) is 0. The lowest BCUT2D eigenvalue weighted by Gasteiger charge is -2.05. The van der Waals surface area contributed by atoms with Gasteiger partial charge >= 0.3 is 5.97 Å². The summed E-state index contributed by atoms with van der Waals surface area (Å²) < 4.78 is 4.81. The first-order valence-electron chi connectivity index (χ1n) is 3.80. The molecule has 1 heterocycles. The fourth-order valence-corrected chi connectivity index (χ4v) is 1.21. The van der Waals surface area contributed by atoms with E-state index >= 15 is 0 Å². The monoisotopic (exact) mass is 210 g/mol. The van der Waals surface area contributed by atoms with Gasteiger partial charge in [-0.25, -0.2) is 4.98 Å². The molecule has 0 atom stereocenters. The van der Waals surface area contributed by atoms with E-state index in [4.69, 9.17) is 21.6 Å². The summed E-state index contributed by atoms with van der Waals surface area (Å²) >= 11 is 5.69. The van der Waals surface area contributed by atoms with E-state index in [1.807, 2.05) is 6.07 Å². The Hall–Kier alpha value is -1.60. The summed E-state index contributed by atoms with van der Waals surface area (Å²) in [7, 11) is 0. The minimum absolute atomic E-state index is 0.0451. The predicted molar refractivity (Wildman–Crippen MR) is 50.0 cm³/mol. The SMILES string of the molecule is CC(=O)Oc1cc(C)nc(Cl)c1C#N. The van der Waals surface area contributed by atoms with Gasteiger partial charge in [0.15, 0.2) is 10.9 Å². The van der Waals surface area contributed by atoms with E-state index in [9.17, 15) is 4.79 Å². The van der Waals surface area contributed by atoms with Gasteiger partial charge < -0.3 is 4.74 Å². The van der Waals surface area contributed by atoms with Crippen molar-refractivity contribution in [2.45, 2.75) is 13.8 Å². The smallest absolute Gasteiger partial charge is 0.308 e. The average molecular weight is 211 g/mol. The van der Waals surface area contributed by atoms with E-state index in [1.165, 1.54) is 13.0 Å². The maximum atomic E-state index is 10.7. The number of carbonyl (C=O) groups is 1. The standard InChI is InChI=1S/C9H7ClN2O2/c1-5-3-8(14-6(2)13)7(4-11)9(10)12-5/h3H,1-2H3. The Balaban J connectivity index is 3.26. The van der Waals surface area contributed by atoms with E-state index in [0.29, 0.717) is 5.69 Å². The van der Waals surface area contributed by atoms with Crippen LogP contribution in [0.1, 0.15) is 18.2 Å². The summed E-state index contributed by atoms with van der Waals surface area (Å²) in [5.74, 6) is -0.347. The fourth-order valence-electron chi connectivity index (χ4n) is 0.943. The molecule has 5 heteroatoms. The first-order chi connectivity index (χ1) is 6.54. The van der Waals surface area contributed by atoms with Crippen LogP contribution in [0.5, 0.6) is 5.75 Å². The minimum Gasteiger partial charge on any atom is -0.425 e. The van der Waals surface area contributed by atoms with Crippen molar-refractivity contribution in [1.82, 2.24) is 4.98 Å². The second-order valence-corrected chi connectivity index (χ2v) is 2.99. The van der Waals surface area contributed by atoms with E-state index in [2.05, 4.69) is 4.98 Å². The molecule has 0 aliphatic heterocycles. The van der Waals surface area contributed by atoms with Crippen LogP contribution in [0.25, 0.3) is 0 Å². The van der Waals surface area contributed by atoms with E-state index < -0.39 is 5.97 Å². The molecule has 0 N–H and O–H groups in total. The van der Waals surface area contributed by atoms with Crippen molar-refractivity contribution in [2.24, 2.45) is 0 Å². The minimum atomic E-state index is -0.497. The number of ether oxygens (including phenoxy) is 1. The van der Waals surface area contributed by atoms with Crippen LogP contribution in [0.4, 0.5) is 0 Å². The molecule has 0 aromatic carbocycles. The average Bonchev–Trinajstić information content (AvgIpc) is 2.01. The van der Waals surface area contributed by atoms with Crippen LogP contribution in [0, 0.1) is 18.3 Å². The van der Waals surface area contributed by atoms with Crippen molar-refractivity contribution in [3.63, 3.8) is 0 Å². The summed E-state index contributed by atoms with van der Waals surface area (Å²) in [5, 5.41) is 8.78. The first-order valence-corrected chi connectivity index (χ1v) is 4.18. The van der Waals surface area contributed by atoms with Crippen LogP contribution in [-0.4, -0.2) is 11.0 Å². The van der Waals surface area contributed by atoms with E-state index in [1.54, 1.807) is 6.92 Å². The molecule has 0 saturated heterocycles. The molecule has 0 aliphatic carbocycles. The molecule has 0 fully saturated rings. The van der Waals surface area contributed by atoms with Crippen molar-refractivity contribution in [2.75, 3.05) is 0 Å². The third kappa shape index (κ3) is 2.21. The summed E-state index contributed by atoms with van der Waals surface area (Å²) in [5.41, 5.74) is 0.665. The molecule has 1 aromatic heterocycles. The van der Waals surface area contributed by atoms with Gasteiger partial charge in [-0.2, -0.15) is 5.26 Å². The van der Waals surface area contributed by atoms with E-state index in [0.717, 1.165) is 0 Å².